The van der Waals surface area contributed by atoms with Crippen LogP contribution in [0.2, 0.25) is 0 Å². The van der Waals surface area contributed by atoms with Crippen LogP contribution in [-0.2, 0) is 0 Å². The Bertz CT molecular complexity index is 1600. The molecule has 2 aromatic carbocycles. The first kappa shape index (κ1) is 34.5. The largest absolute Gasteiger partial charge is 0.453 e. The summed E-state index contributed by atoms with van der Waals surface area (Å²) in [5.74, 6) is 3.23. The molecule has 6 heterocycles. The maximum absolute atomic E-state index is 6.57. The van der Waals surface area contributed by atoms with Crippen molar-refractivity contribution in [2.45, 2.75) is 69.7 Å². The second-order valence-electron chi connectivity index (χ2n) is 14.2. The zero-order valence-corrected chi connectivity index (χ0v) is 29.8. The molecular weight excluding hydrogens is 648 g/mol. The van der Waals surface area contributed by atoms with Gasteiger partial charge in [-0.25, -0.2) is 0 Å². The molecule has 51 heavy (non-hydrogen) atoms. The van der Waals surface area contributed by atoms with Crippen LogP contribution in [0.3, 0.4) is 0 Å². The maximum Gasteiger partial charge on any atom is 0.253 e. The highest BCUT2D eigenvalue weighted by molar-refractivity contribution is 5.79. The second-order valence-corrected chi connectivity index (χ2v) is 14.2. The Morgan fingerprint density at radius 2 is 1.51 bits per heavy atom. The van der Waals surface area contributed by atoms with Gasteiger partial charge in [0, 0.05) is 60.8 Å². The Balaban J connectivity index is 0.923. The normalized spacial score (nSPS) is 28.0. The van der Waals surface area contributed by atoms with Crippen LogP contribution in [0.4, 0.5) is 11.4 Å². The van der Waals surface area contributed by atoms with E-state index in [9.17, 15) is 0 Å². The van der Waals surface area contributed by atoms with Crippen LogP contribution < -0.4 is 66.8 Å². The summed E-state index contributed by atoms with van der Waals surface area (Å²) in [6, 6.07) is 8.50. The van der Waals surface area contributed by atoms with E-state index in [4.69, 9.17) is 18.9 Å². The SMILES string of the molecule is CNC1CCNC(Nc2cc3c(c(C4=CCN(C)CCC4)c2)OC(CNC2CCNC(Nc4cc5c(c(C6=CCNCCC6)c4)OCO5)N2)O3)N1. The van der Waals surface area contributed by atoms with Crippen LogP contribution in [0.1, 0.15) is 49.7 Å². The van der Waals surface area contributed by atoms with Crippen LogP contribution in [0.5, 0.6) is 23.0 Å². The van der Waals surface area contributed by atoms with E-state index < -0.39 is 6.29 Å². The molecule has 0 radical (unpaired) electrons. The Morgan fingerprint density at radius 1 is 0.784 bits per heavy atom. The first-order chi connectivity index (χ1) is 25.1. The number of nitrogens with zero attached hydrogens (tertiary/aromatic N) is 1. The third-order valence-corrected chi connectivity index (χ3v) is 10.5. The summed E-state index contributed by atoms with van der Waals surface area (Å²) in [5.41, 5.74) is 6.79. The molecule has 9 N–H and O–H groups in total. The van der Waals surface area contributed by atoms with Gasteiger partial charge in [-0.3, -0.25) is 26.6 Å². The molecule has 0 bridgehead atoms. The van der Waals surface area contributed by atoms with Crippen LogP contribution in [0, 0.1) is 0 Å². The molecule has 5 unspecified atom stereocenters. The average molecular weight is 703 g/mol. The fraction of sp³-hybridized carbons (Fsp3) is 0.568. The highest BCUT2D eigenvalue weighted by Crippen LogP contribution is 2.45. The molecule has 8 rings (SSSR count). The lowest BCUT2D eigenvalue weighted by atomic mass is 9.99. The molecule has 0 aliphatic carbocycles. The quantitative estimate of drug-likeness (QED) is 0.178. The highest BCUT2D eigenvalue weighted by atomic mass is 16.7. The number of anilines is 2. The summed E-state index contributed by atoms with van der Waals surface area (Å²) >= 11 is 0. The van der Waals surface area contributed by atoms with Crippen molar-refractivity contribution in [1.29, 1.82) is 0 Å². The van der Waals surface area contributed by atoms with Crippen molar-refractivity contribution in [2.75, 3.05) is 77.3 Å². The molecule has 6 aliphatic heterocycles. The van der Waals surface area contributed by atoms with Crippen LogP contribution >= 0.6 is 0 Å². The van der Waals surface area contributed by atoms with Crippen molar-refractivity contribution < 1.29 is 18.9 Å². The molecule has 0 saturated carbocycles. The van der Waals surface area contributed by atoms with Gasteiger partial charge < -0.3 is 45.1 Å². The van der Waals surface area contributed by atoms with Crippen molar-refractivity contribution >= 4 is 22.5 Å². The summed E-state index contributed by atoms with van der Waals surface area (Å²) in [6.45, 7) is 6.44. The smallest absolute Gasteiger partial charge is 0.253 e. The minimum Gasteiger partial charge on any atom is -0.453 e. The van der Waals surface area contributed by atoms with E-state index >= 15 is 0 Å². The number of rotatable bonds is 10. The summed E-state index contributed by atoms with van der Waals surface area (Å²) < 4.78 is 24.8. The minimum absolute atomic E-state index is 0.0564. The lowest BCUT2D eigenvalue weighted by molar-refractivity contribution is 0.0440. The van der Waals surface area contributed by atoms with Crippen molar-refractivity contribution in [3.05, 3.63) is 47.5 Å². The number of hydrogen-bond donors (Lipinski definition) is 9. The van der Waals surface area contributed by atoms with Crippen LogP contribution in [-0.4, -0.2) is 103 Å². The van der Waals surface area contributed by atoms with E-state index in [-0.39, 0.29) is 31.7 Å². The molecule has 14 heteroatoms. The van der Waals surface area contributed by atoms with Gasteiger partial charge in [0.25, 0.3) is 6.29 Å². The molecule has 2 aromatic rings. The number of hydrogen-bond acceptors (Lipinski definition) is 14. The number of nitrogens with one attached hydrogen (secondary N) is 9. The molecule has 0 spiro atoms. The number of likely N-dealkylation sites (N-methyl/N-ethyl adjacent to an activating group) is 1. The number of allylic oxidation sites excluding steroid dienone is 2. The predicted octanol–water partition coefficient (Wildman–Crippen LogP) is 2.11. The van der Waals surface area contributed by atoms with Crippen molar-refractivity contribution in [3.63, 3.8) is 0 Å². The topological polar surface area (TPSA) is 148 Å². The molecule has 5 atom stereocenters. The average Bonchev–Trinajstić information content (AvgIpc) is 3.61. The predicted molar refractivity (Wildman–Crippen MR) is 200 cm³/mol. The third-order valence-electron chi connectivity index (χ3n) is 10.5. The summed E-state index contributed by atoms with van der Waals surface area (Å²) in [6.07, 6.45) is 10.4. The van der Waals surface area contributed by atoms with Gasteiger partial charge in [-0.15, -0.1) is 0 Å². The Labute approximate surface area is 300 Å². The molecule has 14 nitrogen and oxygen atoms in total. The van der Waals surface area contributed by atoms with Crippen LogP contribution in [0.25, 0.3) is 11.1 Å². The van der Waals surface area contributed by atoms with Crippen molar-refractivity contribution in [2.24, 2.45) is 0 Å². The fourth-order valence-corrected chi connectivity index (χ4v) is 7.71. The van der Waals surface area contributed by atoms with E-state index in [0.29, 0.717) is 6.54 Å². The van der Waals surface area contributed by atoms with E-state index in [1.807, 2.05) is 13.1 Å². The van der Waals surface area contributed by atoms with E-state index in [1.54, 1.807) is 0 Å². The van der Waals surface area contributed by atoms with Crippen LogP contribution in [0.15, 0.2) is 36.4 Å². The zero-order chi connectivity index (χ0) is 34.6. The second kappa shape index (κ2) is 16.0. The van der Waals surface area contributed by atoms with E-state index in [1.165, 1.54) is 11.1 Å². The van der Waals surface area contributed by atoms with Gasteiger partial charge in [-0.05, 0) is 89.0 Å². The maximum atomic E-state index is 6.57. The monoisotopic (exact) mass is 702 g/mol. The summed E-state index contributed by atoms with van der Waals surface area (Å²) in [4.78, 5) is 2.36. The number of benzene rings is 2. The summed E-state index contributed by atoms with van der Waals surface area (Å²) in [5, 5.41) is 32.1. The fourth-order valence-electron chi connectivity index (χ4n) is 7.71. The molecule has 6 aliphatic rings. The lowest BCUT2D eigenvalue weighted by Crippen LogP contribution is -2.62. The van der Waals surface area contributed by atoms with Gasteiger partial charge in [-0.2, -0.15) is 0 Å². The Hall–Kier alpha value is -3.60. The lowest BCUT2D eigenvalue weighted by Gasteiger charge is -2.34. The van der Waals surface area contributed by atoms with Gasteiger partial charge in [-0.1, -0.05) is 12.2 Å². The first-order valence-electron chi connectivity index (χ1n) is 18.7. The molecular formula is C37H54N10O4. The van der Waals surface area contributed by atoms with Gasteiger partial charge in [0.1, 0.15) is 12.6 Å². The van der Waals surface area contributed by atoms with Crippen molar-refractivity contribution in [3.8, 4) is 23.0 Å². The first-order valence-corrected chi connectivity index (χ1v) is 18.7. The Kier molecular flexibility index (Phi) is 10.8. The standard InChI is InChI=1S/C37H54N10O4/c1-38-31-8-13-40-36(45-31)44-26-18-28(24-6-4-15-47(2)16-10-24)35-30(20-26)50-33(51-35)21-42-32-9-14-41-37(46-32)43-25-17-27(23-5-3-11-39-12-7-23)34-29(19-25)48-22-49-34/h7,10,17-20,31-33,36-46H,3-6,8-9,11-16,21-22H2,1-2H3. The summed E-state index contributed by atoms with van der Waals surface area (Å²) in [7, 11) is 4.17. The molecule has 0 aromatic heterocycles. The van der Waals surface area contributed by atoms with Gasteiger partial charge >= 0.3 is 0 Å². The van der Waals surface area contributed by atoms with E-state index in [0.717, 1.165) is 123 Å². The van der Waals surface area contributed by atoms with Crippen molar-refractivity contribution in [1.82, 2.24) is 42.1 Å². The van der Waals surface area contributed by atoms with E-state index in [2.05, 4.69) is 90.1 Å². The molecule has 276 valence electrons. The molecule has 2 saturated heterocycles. The number of ether oxygens (including phenoxy) is 4. The third kappa shape index (κ3) is 8.23. The zero-order valence-electron chi connectivity index (χ0n) is 29.8. The Morgan fingerprint density at radius 3 is 2.33 bits per heavy atom. The molecule has 2 fully saturated rings. The highest BCUT2D eigenvalue weighted by Gasteiger charge is 2.32. The van der Waals surface area contributed by atoms with Gasteiger partial charge in [0.2, 0.25) is 6.79 Å². The molecule has 0 amide bonds. The van der Waals surface area contributed by atoms with Gasteiger partial charge in [0.15, 0.2) is 23.0 Å². The minimum atomic E-state index is -0.440. The number of fused-ring (bicyclic) bond motifs is 2. The van der Waals surface area contributed by atoms with Gasteiger partial charge in [0.05, 0.1) is 18.9 Å².